The van der Waals surface area contributed by atoms with Crippen LogP contribution in [0.15, 0.2) is 96.7 Å². The number of halogens is 1. The van der Waals surface area contributed by atoms with Crippen molar-refractivity contribution in [3.63, 3.8) is 0 Å². The summed E-state index contributed by atoms with van der Waals surface area (Å²) in [4.78, 5) is 4.50. The summed E-state index contributed by atoms with van der Waals surface area (Å²) in [7, 11) is 0. The summed E-state index contributed by atoms with van der Waals surface area (Å²) in [6.45, 7) is 9.20. The fourth-order valence-electron chi connectivity index (χ4n) is 7.41. The minimum absolute atomic E-state index is 0.324. The molecule has 0 saturated heterocycles. The second-order valence-electron chi connectivity index (χ2n) is 12.7. The van der Waals surface area contributed by atoms with Gasteiger partial charge in [0.05, 0.1) is 22.4 Å². The average Bonchev–Trinajstić information content (AvgIpc) is 3.57. The largest absolute Gasteiger partial charge is 0.457 e. The molecule has 2 atom stereocenters. The van der Waals surface area contributed by atoms with Crippen molar-refractivity contribution in [2.24, 2.45) is 5.92 Å². The Morgan fingerprint density at radius 2 is 1.67 bits per heavy atom. The van der Waals surface area contributed by atoms with E-state index in [1.54, 1.807) is 0 Å². The van der Waals surface area contributed by atoms with Gasteiger partial charge in [-0.3, -0.25) is 4.57 Å². The van der Waals surface area contributed by atoms with Gasteiger partial charge in [0, 0.05) is 52.3 Å². The van der Waals surface area contributed by atoms with Crippen molar-refractivity contribution in [2.45, 2.75) is 72.1 Å². The molecule has 0 fully saturated rings. The highest BCUT2D eigenvalue weighted by Crippen LogP contribution is 2.43. The summed E-state index contributed by atoms with van der Waals surface area (Å²) in [6.07, 6.45) is 10.4. The van der Waals surface area contributed by atoms with E-state index in [0.717, 1.165) is 65.3 Å². The summed E-state index contributed by atoms with van der Waals surface area (Å²) >= 11 is 0. The molecule has 3 heterocycles. The third-order valence-electron chi connectivity index (χ3n) is 9.41. The van der Waals surface area contributed by atoms with Crippen LogP contribution in [-0.2, 0) is 12.8 Å². The zero-order valence-electron chi connectivity index (χ0n) is 27.1. The number of para-hydroxylation sites is 1. The first kappa shape index (κ1) is 30.0. The fraction of sp³-hybridized carbons (Fsp3) is 0.300. The highest BCUT2D eigenvalue weighted by Gasteiger charge is 2.31. The number of nitrogens with zero attached hydrogens (tertiary/aromatic N) is 4. The number of hydrogen-bond donors (Lipinski definition) is 0. The normalized spacial score (nSPS) is 16.7. The predicted molar refractivity (Wildman–Crippen MR) is 185 cm³/mol. The maximum atomic E-state index is 14.3. The van der Waals surface area contributed by atoms with Crippen LogP contribution in [0.2, 0.25) is 0 Å². The second-order valence-corrected chi connectivity index (χ2v) is 12.7. The van der Waals surface area contributed by atoms with Crippen LogP contribution in [0.25, 0.3) is 33.3 Å². The Balaban J connectivity index is 1.30. The molecule has 0 unspecified atom stereocenters. The van der Waals surface area contributed by atoms with Crippen LogP contribution in [0.4, 0.5) is 4.39 Å². The van der Waals surface area contributed by atoms with Crippen LogP contribution in [0.3, 0.4) is 0 Å². The smallest absolute Gasteiger partial charge is 0.140 e. The van der Waals surface area contributed by atoms with Crippen LogP contribution in [0, 0.1) is 11.7 Å². The second kappa shape index (κ2) is 12.6. The molecular formula is C40H41FN4O. The van der Waals surface area contributed by atoms with Gasteiger partial charge >= 0.3 is 0 Å². The van der Waals surface area contributed by atoms with Crippen molar-refractivity contribution < 1.29 is 9.13 Å². The lowest BCUT2D eigenvalue weighted by atomic mass is 9.74. The summed E-state index contributed by atoms with van der Waals surface area (Å²) in [5.41, 5.74) is 8.36. The summed E-state index contributed by atoms with van der Waals surface area (Å²) < 4.78 is 25.0. The lowest BCUT2D eigenvalue weighted by Gasteiger charge is -2.30. The maximum Gasteiger partial charge on any atom is 0.140 e. The van der Waals surface area contributed by atoms with Crippen molar-refractivity contribution in [1.82, 2.24) is 19.3 Å². The molecule has 0 amide bonds. The highest BCUT2D eigenvalue weighted by molar-refractivity contribution is 6.09. The first-order valence-electron chi connectivity index (χ1n) is 16.7. The number of rotatable bonds is 9. The van der Waals surface area contributed by atoms with E-state index in [2.05, 4.69) is 67.7 Å². The first-order valence-corrected chi connectivity index (χ1v) is 16.7. The quantitative estimate of drug-likeness (QED) is 0.153. The van der Waals surface area contributed by atoms with E-state index in [9.17, 15) is 4.39 Å². The third-order valence-corrected chi connectivity index (χ3v) is 9.41. The molecule has 0 aliphatic heterocycles. The van der Waals surface area contributed by atoms with E-state index in [0.29, 0.717) is 23.4 Å². The number of allylic oxidation sites excluding steroid dienone is 2. The van der Waals surface area contributed by atoms with Crippen molar-refractivity contribution in [1.29, 1.82) is 0 Å². The zero-order valence-corrected chi connectivity index (χ0v) is 27.1. The lowest BCUT2D eigenvalue weighted by molar-refractivity contribution is 0.445. The number of hydrogen-bond acceptors (Lipinski definition) is 3. The van der Waals surface area contributed by atoms with Gasteiger partial charge in [-0.15, -0.1) is 0 Å². The van der Waals surface area contributed by atoms with E-state index in [4.69, 9.17) is 9.84 Å². The molecule has 1 aliphatic rings. The van der Waals surface area contributed by atoms with E-state index >= 15 is 0 Å². The van der Waals surface area contributed by atoms with E-state index in [-0.39, 0.29) is 5.82 Å². The van der Waals surface area contributed by atoms with Gasteiger partial charge < -0.3 is 4.74 Å². The van der Waals surface area contributed by atoms with Crippen molar-refractivity contribution >= 4 is 21.8 Å². The molecule has 0 saturated carbocycles. The molecule has 3 aromatic carbocycles. The van der Waals surface area contributed by atoms with Gasteiger partial charge in [-0.05, 0) is 74.9 Å². The standard InChI is InChI=1S/C40H41FN4O/c1-5-11-34-40(39-26(3)13-9-14-27(39)4)36(12-6-2)45(43-34)29-15-10-16-30(24-29)46-31-19-20-33-32-17-7-8-18-35(32)44(37(33)25-31)38-23-28(41)21-22-42-38/h7-8,10,13,15-25,27,39H,5-6,9,11-12,14H2,1-4H3/t27-,39+/m0/s1. The Hall–Kier alpha value is -4.71. The molecule has 1 aliphatic carbocycles. The van der Waals surface area contributed by atoms with E-state index < -0.39 is 0 Å². The summed E-state index contributed by atoms with van der Waals surface area (Å²) in [6, 6.07) is 25.3. The number of aromatic nitrogens is 4. The summed E-state index contributed by atoms with van der Waals surface area (Å²) in [5, 5.41) is 7.43. The number of ether oxygens (including phenoxy) is 1. The van der Waals surface area contributed by atoms with E-state index in [1.165, 1.54) is 47.3 Å². The fourth-order valence-corrected chi connectivity index (χ4v) is 7.41. The minimum atomic E-state index is -0.324. The van der Waals surface area contributed by atoms with Crippen LogP contribution in [-0.4, -0.2) is 19.3 Å². The zero-order chi connectivity index (χ0) is 31.8. The highest BCUT2D eigenvalue weighted by atomic mass is 19.1. The topological polar surface area (TPSA) is 44.9 Å². The van der Waals surface area contributed by atoms with E-state index in [1.807, 2.05) is 47.0 Å². The Bertz CT molecular complexity index is 2070. The van der Waals surface area contributed by atoms with Crippen LogP contribution in [0.1, 0.15) is 76.2 Å². The van der Waals surface area contributed by atoms with Gasteiger partial charge in [0.25, 0.3) is 0 Å². The minimum Gasteiger partial charge on any atom is -0.457 e. The van der Waals surface area contributed by atoms with Crippen LogP contribution < -0.4 is 4.74 Å². The average molecular weight is 613 g/mol. The predicted octanol–water partition coefficient (Wildman–Crippen LogP) is 10.7. The Labute approximate surface area is 270 Å². The molecule has 5 nitrogen and oxygen atoms in total. The summed E-state index contributed by atoms with van der Waals surface area (Å²) in [5.74, 6) is 2.65. The van der Waals surface area contributed by atoms with Gasteiger partial charge in [0.15, 0.2) is 0 Å². The number of benzene rings is 3. The molecule has 46 heavy (non-hydrogen) atoms. The molecule has 6 heteroatoms. The van der Waals surface area contributed by atoms with Gasteiger partial charge in [-0.2, -0.15) is 5.10 Å². The Morgan fingerprint density at radius 3 is 2.48 bits per heavy atom. The lowest BCUT2D eigenvalue weighted by Crippen LogP contribution is -2.18. The SMILES string of the molecule is CCCc1nn(-c2cccc(Oc3ccc4c5ccccc5n(-c5cc(F)ccn5)c4c3)c2)c(CCC)c1[C@@H]1C(C)=CCC[C@@H]1C. The molecule has 0 bridgehead atoms. The monoisotopic (exact) mass is 612 g/mol. The molecule has 234 valence electrons. The molecule has 7 rings (SSSR count). The van der Waals surface area contributed by atoms with Gasteiger partial charge in [-0.1, -0.05) is 69.5 Å². The van der Waals surface area contributed by atoms with Crippen LogP contribution in [0.5, 0.6) is 11.5 Å². The number of aryl methyl sites for hydroxylation is 1. The Morgan fingerprint density at radius 1 is 0.870 bits per heavy atom. The first-order chi connectivity index (χ1) is 22.5. The van der Waals surface area contributed by atoms with Gasteiger partial charge in [-0.25, -0.2) is 14.1 Å². The molecule has 0 spiro atoms. The Kier molecular flexibility index (Phi) is 8.20. The number of pyridine rings is 1. The van der Waals surface area contributed by atoms with Crippen molar-refractivity contribution in [2.75, 3.05) is 0 Å². The van der Waals surface area contributed by atoms with Crippen molar-refractivity contribution in [3.8, 4) is 23.0 Å². The molecule has 3 aromatic heterocycles. The maximum absolute atomic E-state index is 14.3. The number of fused-ring (bicyclic) bond motifs is 3. The van der Waals surface area contributed by atoms with Gasteiger partial charge in [0.2, 0.25) is 0 Å². The molecular weight excluding hydrogens is 571 g/mol. The van der Waals surface area contributed by atoms with Crippen molar-refractivity contribution in [3.05, 3.63) is 119 Å². The van der Waals surface area contributed by atoms with Crippen LogP contribution >= 0.6 is 0 Å². The van der Waals surface area contributed by atoms with Gasteiger partial charge in [0.1, 0.15) is 23.1 Å². The molecule has 0 radical (unpaired) electrons. The third kappa shape index (κ3) is 5.40. The molecule has 6 aromatic rings. The molecule has 0 N–H and O–H groups in total.